The standard InChI is InChI=1S/C21H20BrClN4O4S/c1-4-9-31-20-17(22)10-14(11-18(20)30-3)19(12-26(28)29)32-21-25-24-13(2)27(21)16-7-5-15(23)6-8-16/h4-8,10-11,19H,1,9,12H2,2-3H3/t19-/m0/s1. The van der Waals surface area contributed by atoms with Crippen molar-refractivity contribution in [3.63, 3.8) is 0 Å². The molecule has 0 amide bonds. The van der Waals surface area contributed by atoms with Crippen molar-refractivity contribution in [3.05, 3.63) is 80.1 Å². The van der Waals surface area contributed by atoms with E-state index in [4.69, 9.17) is 21.1 Å². The molecule has 0 fully saturated rings. The molecule has 0 saturated carbocycles. The molecule has 1 aromatic heterocycles. The third-order valence-electron chi connectivity index (χ3n) is 4.41. The molecule has 3 aromatic rings. The zero-order valence-corrected chi connectivity index (χ0v) is 20.5. The summed E-state index contributed by atoms with van der Waals surface area (Å²) in [7, 11) is 1.52. The number of halogens is 2. The zero-order valence-electron chi connectivity index (χ0n) is 17.3. The highest BCUT2D eigenvalue weighted by Crippen LogP contribution is 2.43. The first-order valence-corrected chi connectivity index (χ1v) is 11.5. The molecule has 1 atom stereocenters. The summed E-state index contributed by atoms with van der Waals surface area (Å²) < 4.78 is 13.6. The molecule has 0 aliphatic heterocycles. The molecule has 1 heterocycles. The van der Waals surface area contributed by atoms with Gasteiger partial charge in [0.05, 0.1) is 11.6 Å². The first-order valence-electron chi connectivity index (χ1n) is 9.41. The molecule has 0 radical (unpaired) electrons. The average Bonchev–Trinajstić information content (AvgIpc) is 3.12. The van der Waals surface area contributed by atoms with E-state index in [9.17, 15) is 10.1 Å². The highest BCUT2D eigenvalue weighted by Gasteiger charge is 2.26. The lowest BCUT2D eigenvalue weighted by atomic mass is 10.1. The molecule has 0 aliphatic carbocycles. The van der Waals surface area contributed by atoms with E-state index in [1.165, 1.54) is 18.9 Å². The van der Waals surface area contributed by atoms with Gasteiger partial charge in [-0.2, -0.15) is 0 Å². The van der Waals surface area contributed by atoms with Crippen LogP contribution in [-0.4, -0.2) is 39.9 Å². The third kappa shape index (κ3) is 5.62. The average molecular weight is 540 g/mol. The van der Waals surface area contributed by atoms with Gasteiger partial charge in [-0.25, -0.2) is 0 Å². The van der Waals surface area contributed by atoms with Crippen molar-refractivity contribution in [2.75, 3.05) is 20.3 Å². The summed E-state index contributed by atoms with van der Waals surface area (Å²) in [6.07, 6.45) is 1.62. The number of nitrogens with zero attached hydrogens (tertiary/aromatic N) is 4. The molecule has 8 nitrogen and oxygen atoms in total. The number of hydrogen-bond acceptors (Lipinski definition) is 7. The highest BCUT2D eigenvalue weighted by atomic mass is 79.9. The van der Waals surface area contributed by atoms with Crippen LogP contribution in [0.5, 0.6) is 11.5 Å². The molecule has 3 rings (SSSR count). The van der Waals surface area contributed by atoms with Gasteiger partial charge in [-0.1, -0.05) is 36.0 Å². The van der Waals surface area contributed by atoms with Crippen LogP contribution in [0.25, 0.3) is 5.69 Å². The minimum atomic E-state index is -0.557. The van der Waals surface area contributed by atoms with Crippen molar-refractivity contribution in [1.29, 1.82) is 0 Å². The first-order chi connectivity index (χ1) is 15.3. The Kier molecular flexibility index (Phi) is 8.16. The molecule has 168 valence electrons. The van der Waals surface area contributed by atoms with E-state index in [1.807, 2.05) is 23.6 Å². The summed E-state index contributed by atoms with van der Waals surface area (Å²) in [5.74, 6) is 1.61. The number of aryl methyl sites for hydroxylation is 1. The lowest BCUT2D eigenvalue weighted by Gasteiger charge is -2.18. The first kappa shape index (κ1) is 24.1. The molecule has 11 heteroatoms. The second-order valence-corrected chi connectivity index (χ2v) is 9.06. The van der Waals surface area contributed by atoms with Crippen LogP contribution in [0.3, 0.4) is 0 Å². The van der Waals surface area contributed by atoms with Crippen LogP contribution < -0.4 is 9.47 Å². The smallest absolute Gasteiger partial charge is 0.220 e. The maximum Gasteiger partial charge on any atom is 0.220 e. The SMILES string of the molecule is C=CCOc1c(Br)cc([C@H](C[N+](=O)[O-])Sc2nnc(C)n2-c2ccc(Cl)cc2)cc1OC. The topological polar surface area (TPSA) is 92.3 Å². The second kappa shape index (κ2) is 10.8. The van der Waals surface area contributed by atoms with Crippen molar-refractivity contribution < 1.29 is 14.4 Å². The molecule has 32 heavy (non-hydrogen) atoms. The van der Waals surface area contributed by atoms with Gasteiger partial charge in [-0.3, -0.25) is 14.7 Å². The number of hydrogen-bond donors (Lipinski definition) is 0. The molecule has 2 aromatic carbocycles. The number of rotatable bonds is 10. The van der Waals surface area contributed by atoms with Gasteiger partial charge in [-0.15, -0.1) is 10.2 Å². The van der Waals surface area contributed by atoms with Crippen molar-refractivity contribution >= 4 is 39.3 Å². The van der Waals surface area contributed by atoms with Gasteiger partial charge in [0.2, 0.25) is 6.54 Å². The maximum absolute atomic E-state index is 11.5. The lowest BCUT2D eigenvalue weighted by molar-refractivity contribution is -0.479. The molecular weight excluding hydrogens is 520 g/mol. The van der Waals surface area contributed by atoms with Gasteiger partial charge in [0.15, 0.2) is 16.7 Å². The Hall–Kier alpha value is -2.56. The number of nitro groups is 1. The molecule has 0 N–H and O–H groups in total. The maximum atomic E-state index is 11.5. The summed E-state index contributed by atoms with van der Waals surface area (Å²) >= 11 is 10.7. The lowest BCUT2D eigenvalue weighted by Crippen LogP contribution is -2.12. The van der Waals surface area contributed by atoms with Gasteiger partial charge in [-0.05, 0) is 64.8 Å². The van der Waals surface area contributed by atoms with E-state index in [0.29, 0.717) is 44.1 Å². The number of methoxy groups -OCH3 is 1. The molecule has 0 aliphatic rings. The minimum absolute atomic E-state index is 0.296. The number of aromatic nitrogens is 3. The van der Waals surface area contributed by atoms with Crippen LogP contribution in [0.1, 0.15) is 16.6 Å². The van der Waals surface area contributed by atoms with Gasteiger partial charge in [0, 0.05) is 15.6 Å². The molecule has 0 spiro atoms. The van der Waals surface area contributed by atoms with E-state index in [0.717, 1.165) is 5.69 Å². The van der Waals surface area contributed by atoms with E-state index in [1.54, 1.807) is 30.3 Å². The molecule has 0 bridgehead atoms. The Morgan fingerprint density at radius 2 is 2.06 bits per heavy atom. The Bertz CT molecular complexity index is 1120. The van der Waals surface area contributed by atoms with Crippen LogP contribution in [0.2, 0.25) is 5.02 Å². The predicted molar refractivity (Wildman–Crippen MR) is 128 cm³/mol. The van der Waals surface area contributed by atoms with Crippen LogP contribution in [0.4, 0.5) is 0 Å². The third-order valence-corrected chi connectivity index (χ3v) is 6.43. The summed E-state index contributed by atoms with van der Waals surface area (Å²) in [6, 6.07) is 10.7. The van der Waals surface area contributed by atoms with Gasteiger partial charge < -0.3 is 9.47 Å². The van der Waals surface area contributed by atoms with Gasteiger partial charge in [0.25, 0.3) is 0 Å². The van der Waals surface area contributed by atoms with Crippen molar-refractivity contribution in [3.8, 4) is 17.2 Å². The van der Waals surface area contributed by atoms with Crippen molar-refractivity contribution in [2.45, 2.75) is 17.3 Å². The van der Waals surface area contributed by atoms with Gasteiger partial charge in [0.1, 0.15) is 17.7 Å². The van der Waals surface area contributed by atoms with Crippen LogP contribution in [0, 0.1) is 17.0 Å². The van der Waals surface area contributed by atoms with E-state index in [-0.39, 0.29) is 11.5 Å². The number of benzene rings is 2. The molecular formula is C21H20BrClN4O4S. The molecule has 0 saturated heterocycles. The Labute approximate surface area is 202 Å². The summed E-state index contributed by atoms with van der Waals surface area (Å²) in [6.45, 7) is 5.44. The Balaban J connectivity index is 2.01. The van der Waals surface area contributed by atoms with E-state index >= 15 is 0 Å². The molecule has 0 unspecified atom stereocenters. The largest absolute Gasteiger partial charge is 0.493 e. The number of ether oxygens (including phenoxy) is 2. The second-order valence-electron chi connectivity index (χ2n) is 6.60. The van der Waals surface area contributed by atoms with E-state index in [2.05, 4.69) is 32.7 Å². The summed E-state index contributed by atoms with van der Waals surface area (Å²) in [4.78, 5) is 11.1. The highest BCUT2D eigenvalue weighted by molar-refractivity contribution is 9.10. The quantitative estimate of drug-likeness (QED) is 0.142. The van der Waals surface area contributed by atoms with Crippen molar-refractivity contribution in [1.82, 2.24) is 14.8 Å². The Morgan fingerprint density at radius 3 is 2.69 bits per heavy atom. The summed E-state index contributed by atoms with van der Waals surface area (Å²) in [5.41, 5.74) is 1.50. The summed E-state index contributed by atoms with van der Waals surface area (Å²) in [5, 5.41) is 20.5. The normalized spacial score (nSPS) is 11.8. The van der Waals surface area contributed by atoms with Crippen molar-refractivity contribution in [2.24, 2.45) is 0 Å². The Morgan fingerprint density at radius 1 is 1.34 bits per heavy atom. The predicted octanol–water partition coefficient (Wildman–Crippen LogP) is 5.68. The monoisotopic (exact) mass is 538 g/mol. The van der Waals surface area contributed by atoms with E-state index < -0.39 is 5.25 Å². The van der Waals surface area contributed by atoms with Crippen LogP contribution in [0.15, 0.2) is 58.7 Å². The fourth-order valence-electron chi connectivity index (χ4n) is 2.99. The van der Waals surface area contributed by atoms with Crippen LogP contribution >= 0.6 is 39.3 Å². The number of thioether (sulfide) groups is 1. The minimum Gasteiger partial charge on any atom is -0.493 e. The van der Waals surface area contributed by atoms with Crippen LogP contribution in [-0.2, 0) is 0 Å². The fourth-order valence-corrected chi connectivity index (χ4v) is 4.84. The zero-order chi connectivity index (χ0) is 23.3. The fraction of sp³-hybridized carbons (Fsp3) is 0.238. The van der Waals surface area contributed by atoms with Gasteiger partial charge >= 0.3 is 0 Å².